The monoisotopic (exact) mass is 424 g/mol. The minimum Gasteiger partial charge on any atom is -0.481 e. The number of nitrogens with two attached hydrogens (primary N) is 1. The lowest BCUT2D eigenvalue weighted by molar-refractivity contribution is -0.139. The maximum absolute atomic E-state index is 12.8. The maximum atomic E-state index is 12.8. The number of rotatable bonds is 9. The Bertz CT molecular complexity index is 1180. The fraction of sp³-hybridized carbons (Fsp3) is 0.143. The van der Waals surface area contributed by atoms with Crippen LogP contribution < -0.4 is 15.4 Å². The fourth-order valence-electron chi connectivity index (χ4n) is 2.92. The summed E-state index contributed by atoms with van der Waals surface area (Å²) < 4.78 is 5.23. The van der Waals surface area contributed by atoms with Crippen molar-refractivity contribution in [3.63, 3.8) is 0 Å². The number of aliphatic carboxylic acids is 2. The van der Waals surface area contributed by atoms with E-state index in [4.69, 9.17) is 20.7 Å². The number of imidazole rings is 1. The van der Waals surface area contributed by atoms with Gasteiger partial charge in [0.15, 0.2) is 18.3 Å². The number of nitrogens with one attached hydrogen (secondary N) is 1. The van der Waals surface area contributed by atoms with E-state index in [1.165, 1.54) is 24.3 Å². The number of anilines is 2. The number of carbonyl (C=O) groups is 3. The van der Waals surface area contributed by atoms with Gasteiger partial charge in [0.2, 0.25) is 0 Å². The molecule has 10 heteroatoms. The molecular formula is C21H20N4O6. The van der Waals surface area contributed by atoms with Crippen LogP contribution >= 0.6 is 0 Å². The van der Waals surface area contributed by atoms with Gasteiger partial charge in [0.25, 0.3) is 0 Å². The molecule has 3 rings (SSSR count). The average molecular weight is 424 g/mol. The molecule has 0 aliphatic carbocycles. The summed E-state index contributed by atoms with van der Waals surface area (Å²) in [6.07, 6.45) is 2.17. The molecule has 10 nitrogen and oxygen atoms in total. The number of carbonyl (C=O) groups excluding carboxylic acids is 1. The molecule has 0 saturated carbocycles. The molecular weight excluding hydrogens is 404 g/mol. The molecule has 0 amide bonds. The molecule has 0 aliphatic rings. The van der Waals surface area contributed by atoms with Crippen molar-refractivity contribution in [1.29, 1.82) is 0 Å². The third-order valence-corrected chi connectivity index (χ3v) is 4.40. The first kappa shape index (κ1) is 21.4. The smallest absolute Gasteiger partial charge is 0.341 e. The zero-order chi connectivity index (χ0) is 22.5. The van der Waals surface area contributed by atoms with E-state index in [9.17, 15) is 14.4 Å². The summed E-state index contributed by atoms with van der Waals surface area (Å²) in [5.41, 5.74) is 8.53. The molecule has 0 fully saturated rings. The first-order valence-corrected chi connectivity index (χ1v) is 9.12. The van der Waals surface area contributed by atoms with Gasteiger partial charge in [0.05, 0.1) is 17.6 Å². The Balaban J connectivity index is 1.80. The second-order valence-corrected chi connectivity index (χ2v) is 6.71. The number of carboxylic acid groups (broad SMARTS) is 2. The molecule has 0 radical (unpaired) electrons. The third-order valence-electron chi connectivity index (χ3n) is 4.40. The van der Waals surface area contributed by atoms with Crippen molar-refractivity contribution < 1.29 is 29.3 Å². The fourth-order valence-corrected chi connectivity index (χ4v) is 2.92. The van der Waals surface area contributed by atoms with Crippen LogP contribution in [0.25, 0.3) is 17.1 Å². The molecule has 1 aromatic heterocycles. The van der Waals surface area contributed by atoms with Crippen LogP contribution in [0, 0.1) is 0 Å². The first-order valence-electron chi connectivity index (χ1n) is 9.12. The van der Waals surface area contributed by atoms with Crippen molar-refractivity contribution in [2.45, 2.75) is 0 Å². The number of ether oxygens (including phenoxy) is 1. The van der Waals surface area contributed by atoms with Gasteiger partial charge in [-0.05, 0) is 30.3 Å². The highest BCUT2D eigenvalue weighted by Gasteiger charge is 2.14. The van der Waals surface area contributed by atoms with Crippen molar-refractivity contribution >= 4 is 46.5 Å². The van der Waals surface area contributed by atoms with Gasteiger partial charge >= 0.3 is 11.9 Å². The zero-order valence-electron chi connectivity index (χ0n) is 16.5. The topological polar surface area (TPSA) is 159 Å². The van der Waals surface area contributed by atoms with E-state index >= 15 is 0 Å². The largest absolute Gasteiger partial charge is 0.481 e. The van der Waals surface area contributed by atoms with Crippen LogP contribution in [0.4, 0.5) is 11.6 Å². The summed E-state index contributed by atoms with van der Waals surface area (Å²) in [5.74, 6) is -2.19. The maximum Gasteiger partial charge on any atom is 0.341 e. The molecule has 5 N–H and O–H groups in total. The van der Waals surface area contributed by atoms with E-state index in [-0.39, 0.29) is 18.1 Å². The van der Waals surface area contributed by atoms with Gasteiger partial charge in [0, 0.05) is 29.9 Å². The Morgan fingerprint density at radius 2 is 1.97 bits per heavy atom. The number of nitrogen functional groups attached to an aromatic ring is 1. The van der Waals surface area contributed by atoms with Gasteiger partial charge in [-0.15, -0.1) is 0 Å². The number of hydrogen-bond donors (Lipinski definition) is 4. The van der Waals surface area contributed by atoms with Gasteiger partial charge in [-0.2, -0.15) is 0 Å². The Kier molecular flexibility index (Phi) is 6.20. The van der Waals surface area contributed by atoms with E-state index in [1.807, 2.05) is 12.1 Å². The van der Waals surface area contributed by atoms with Crippen molar-refractivity contribution in [3.05, 3.63) is 53.6 Å². The number of nitrogens with zero attached hydrogens (tertiary/aromatic N) is 2. The summed E-state index contributed by atoms with van der Waals surface area (Å²) in [7, 11) is 1.75. The Morgan fingerprint density at radius 1 is 1.19 bits per heavy atom. The minimum absolute atomic E-state index is 0.0395. The number of aromatic amines is 1. The van der Waals surface area contributed by atoms with Crippen molar-refractivity contribution in [1.82, 2.24) is 9.97 Å². The van der Waals surface area contributed by atoms with Gasteiger partial charge in [0.1, 0.15) is 5.75 Å². The van der Waals surface area contributed by atoms with Crippen LogP contribution in [0.1, 0.15) is 15.9 Å². The van der Waals surface area contributed by atoms with E-state index in [0.717, 1.165) is 17.3 Å². The van der Waals surface area contributed by atoms with E-state index in [2.05, 4.69) is 9.97 Å². The van der Waals surface area contributed by atoms with Crippen LogP contribution in [0.5, 0.6) is 5.75 Å². The number of benzene rings is 2. The molecule has 0 spiro atoms. The molecule has 1 heterocycles. The van der Waals surface area contributed by atoms with E-state index in [0.29, 0.717) is 22.6 Å². The normalized spacial score (nSPS) is 11.0. The number of Topliss-reactive ketones (excluding diaryl/α,β-unsaturated/α-hetero) is 1. The summed E-state index contributed by atoms with van der Waals surface area (Å²) in [4.78, 5) is 43.2. The summed E-state index contributed by atoms with van der Waals surface area (Å²) in [5, 5.41) is 17.7. The van der Waals surface area contributed by atoms with Crippen LogP contribution in [0.2, 0.25) is 0 Å². The summed E-state index contributed by atoms with van der Waals surface area (Å²) in [6.45, 7) is -0.587. The number of H-pyrrole nitrogens is 1. The molecule has 3 aromatic rings. The second kappa shape index (κ2) is 8.99. The number of likely N-dealkylation sites (N-methyl/N-ethyl adjacent to an activating group) is 1. The Hall–Kier alpha value is -4.34. The number of ketones is 1. The third kappa shape index (κ3) is 5.38. The summed E-state index contributed by atoms with van der Waals surface area (Å²) >= 11 is 0. The van der Waals surface area contributed by atoms with Gasteiger partial charge in [-0.25, -0.2) is 14.6 Å². The molecule has 160 valence electrons. The molecule has 0 unspecified atom stereocenters. The number of hydrogen-bond acceptors (Lipinski definition) is 7. The highest BCUT2D eigenvalue weighted by atomic mass is 16.5. The number of fused-ring (bicyclic) bond motifs is 1. The zero-order valence-corrected chi connectivity index (χ0v) is 16.5. The number of aromatic nitrogens is 2. The molecule has 0 saturated heterocycles. The van der Waals surface area contributed by atoms with Crippen molar-refractivity contribution in [2.24, 2.45) is 0 Å². The van der Waals surface area contributed by atoms with E-state index in [1.54, 1.807) is 18.0 Å². The van der Waals surface area contributed by atoms with Gasteiger partial charge in [-0.1, -0.05) is 12.1 Å². The van der Waals surface area contributed by atoms with Crippen LogP contribution in [-0.4, -0.2) is 58.1 Å². The predicted octanol–water partition coefficient (Wildman–Crippen LogP) is 2.03. The van der Waals surface area contributed by atoms with Crippen LogP contribution in [-0.2, 0) is 9.59 Å². The van der Waals surface area contributed by atoms with E-state index < -0.39 is 18.5 Å². The standard InChI is InChI=1S/C21H20N4O6/c1-25(14-5-6-15-16(9-14)24-21(22)23-15)10-17(26)13-3-2-12(4-7-19(27)28)18(8-13)31-11-20(29)30/h2-9H,10-11H2,1H3,(H,27,28)(H,29,30)(H3,22,23,24)/b7-4+. The van der Waals surface area contributed by atoms with Crippen molar-refractivity contribution in [3.8, 4) is 5.75 Å². The lowest BCUT2D eigenvalue weighted by Gasteiger charge is -2.19. The lowest BCUT2D eigenvalue weighted by atomic mass is 10.1. The molecule has 0 aliphatic heterocycles. The second-order valence-electron chi connectivity index (χ2n) is 6.71. The number of carboxylic acids is 2. The summed E-state index contributed by atoms with van der Waals surface area (Å²) in [6, 6.07) is 9.87. The molecule has 0 atom stereocenters. The lowest BCUT2D eigenvalue weighted by Crippen LogP contribution is -2.25. The predicted molar refractivity (Wildman–Crippen MR) is 114 cm³/mol. The Morgan fingerprint density at radius 3 is 2.68 bits per heavy atom. The quantitative estimate of drug-likeness (QED) is 0.298. The van der Waals surface area contributed by atoms with Crippen molar-refractivity contribution in [2.75, 3.05) is 30.8 Å². The average Bonchev–Trinajstić information content (AvgIpc) is 3.09. The molecule has 0 bridgehead atoms. The van der Waals surface area contributed by atoms with Gasteiger partial charge < -0.3 is 30.6 Å². The van der Waals surface area contributed by atoms with Crippen LogP contribution in [0.15, 0.2) is 42.5 Å². The highest BCUT2D eigenvalue weighted by Crippen LogP contribution is 2.24. The molecule has 2 aromatic carbocycles. The SMILES string of the molecule is CN(CC(=O)c1ccc(/C=C/C(=O)O)c(OCC(=O)O)c1)c1ccc2nc(N)[nH]c2c1. The first-order chi connectivity index (χ1) is 14.7. The molecule has 31 heavy (non-hydrogen) atoms. The Labute approximate surface area is 176 Å². The minimum atomic E-state index is -1.19. The highest BCUT2D eigenvalue weighted by molar-refractivity contribution is 6.00. The van der Waals surface area contributed by atoms with Crippen LogP contribution in [0.3, 0.4) is 0 Å². The van der Waals surface area contributed by atoms with Gasteiger partial charge in [-0.3, -0.25) is 4.79 Å².